The summed E-state index contributed by atoms with van der Waals surface area (Å²) >= 11 is 0. The summed E-state index contributed by atoms with van der Waals surface area (Å²) in [7, 11) is 1.96. The second-order valence-corrected chi connectivity index (χ2v) is 3.53. The van der Waals surface area contributed by atoms with Crippen LogP contribution in [-0.4, -0.2) is 25.1 Å². The topological polar surface area (TPSA) is 65.9 Å². The fourth-order valence-corrected chi connectivity index (χ4v) is 1.35. The third kappa shape index (κ3) is 3.22. The van der Waals surface area contributed by atoms with Crippen molar-refractivity contribution in [3.63, 3.8) is 0 Å². The van der Waals surface area contributed by atoms with E-state index in [1.807, 2.05) is 18.9 Å². The molecule has 0 aliphatic carbocycles. The first kappa shape index (κ1) is 11.5. The van der Waals surface area contributed by atoms with E-state index in [9.17, 15) is 0 Å². The van der Waals surface area contributed by atoms with Crippen molar-refractivity contribution >= 4 is 5.82 Å². The first-order valence-electron chi connectivity index (χ1n) is 4.97. The monoisotopic (exact) mass is 204 g/mol. The number of aromatic nitrogens is 1. The Kier molecular flexibility index (Phi) is 4.07. The lowest BCUT2D eigenvalue weighted by Gasteiger charge is -2.18. The molecule has 1 aromatic rings. The van der Waals surface area contributed by atoms with Crippen LogP contribution in [0.4, 0.5) is 5.82 Å². The highest BCUT2D eigenvalue weighted by molar-refractivity contribution is 5.45. The third-order valence-corrected chi connectivity index (χ3v) is 2.16. The average molecular weight is 204 g/mol. The van der Waals surface area contributed by atoms with Gasteiger partial charge in [-0.15, -0.1) is 0 Å². The first-order valence-corrected chi connectivity index (χ1v) is 4.97. The highest BCUT2D eigenvalue weighted by Gasteiger charge is 2.04. The van der Waals surface area contributed by atoms with Crippen LogP contribution >= 0.6 is 0 Å². The highest BCUT2D eigenvalue weighted by atomic mass is 15.2. The highest BCUT2D eigenvalue weighted by Crippen LogP contribution is 2.13. The van der Waals surface area contributed by atoms with Gasteiger partial charge in [-0.1, -0.05) is 0 Å². The van der Waals surface area contributed by atoms with E-state index in [0.29, 0.717) is 12.1 Å². The maximum Gasteiger partial charge on any atom is 0.129 e. The summed E-state index contributed by atoms with van der Waals surface area (Å²) < 4.78 is 0. The number of hydrogen-bond donors (Lipinski definition) is 1. The second kappa shape index (κ2) is 5.32. The second-order valence-electron chi connectivity index (χ2n) is 3.53. The van der Waals surface area contributed by atoms with Crippen LogP contribution in [0.1, 0.15) is 17.7 Å². The quantitative estimate of drug-likeness (QED) is 0.796. The van der Waals surface area contributed by atoms with Gasteiger partial charge in [0, 0.05) is 19.3 Å². The van der Waals surface area contributed by atoms with Crippen molar-refractivity contribution in [2.45, 2.75) is 13.3 Å². The molecule has 2 N–H and O–H groups in total. The van der Waals surface area contributed by atoms with E-state index in [4.69, 9.17) is 11.0 Å². The van der Waals surface area contributed by atoms with Crippen molar-refractivity contribution in [2.24, 2.45) is 5.73 Å². The lowest BCUT2D eigenvalue weighted by atomic mass is 10.2. The molecule has 0 bridgehead atoms. The normalized spacial score (nSPS) is 9.73. The van der Waals surface area contributed by atoms with Crippen LogP contribution in [-0.2, 0) is 0 Å². The molecule has 0 atom stereocenters. The molecule has 0 aliphatic rings. The summed E-state index contributed by atoms with van der Waals surface area (Å²) in [6.07, 6.45) is 0.925. The molecular formula is C11H16N4. The molecular weight excluding hydrogens is 188 g/mol. The Labute approximate surface area is 90.3 Å². The molecule has 0 amide bonds. The fourth-order valence-electron chi connectivity index (χ4n) is 1.35. The van der Waals surface area contributed by atoms with Crippen LogP contribution in [0.3, 0.4) is 0 Å². The van der Waals surface area contributed by atoms with Gasteiger partial charge in [0.2, 0.25) is 0 Å². The summed E-state index contributed by atoms with van der Waals surface area (Å²) in [5.41, 5.74) is 6.96. The van der Waals surface area contributed by atoms with Crippen molar-refractivity contribution in [2.75, 3.05) is 25.0 Å². The molecule has 0 radical (unpaired) electrons. The summed E-state index contributed by atoms with van der Waals surface area (Å²) in [4.78, 5) is 6.38. The van der Waals surface area contributed by atoms with E-state index in [-0.39, 0.29) is 0 Å². The molecule has 0 unspecified atom stereocenters. The van der Waals surface area contributed by atoms with Crippen LogP contribution in [0.5, 0.6) is 0 Å². The zero-order valence-electron chi connectivity index (χ0n) is 9.20. The predicted octanol–water partition coefficient (Wildman–Crippen LogP) is 1.05. The molecule has 0 aromatic carbocycles. The zero-order chi connectivity index (χ0) is 11.3. The van der Waals surface area contributed by atoms with Gasteiger partial charge in [-0.25, -0.2) is 4.98 Å². The van der Waals surface area contributed by atoms with E-state index in [1.165, 1.54) is 0 Å². The largest absolute Gasteiger partial charge is 0.360 e. The number of nitriles is 1. The van der Waals surface area contributed by atoms with Gasteiger partial charge in [0.05, 0.1) is 11.6 Å². The van der Waals surface area contributed by atoms with Crippen molar-refractivity contribution < 1.29 is 0 Å². The van der Waals surface area contributed by atoms with Crippen LogP contribution in [0.25, 0.3) is 0 Å². The van der Waals surface area contributed by atoms with Crippen molar-refractivity contribution in [1.82, 2.24) is 4.98 Å². The molecule has 0 saturated carbocycles. The van der Waals surface area contributed by atoms with Gasteiger partial charge in [-0.2, -0.15) is 5.26 Å². The lowest BCUT2D eigenvalue weighted by Crippen LogP contribution is -2.22. The van der Waals surface area contributed by atoms with Gasteiger partial charge in [-0.3, -0.25) is 0 Å². The Morgan fingerprint density at radius 3 is 2.87 bits per heavy atom. The molecule has 4 heteroatoms. The van der Waals surface area contributed by atoms with Crippen LogP contribution in [0, 0.1) is 18.3 Å². The Bertz CT molecular complexity index is 367. The fraction of sp³-hybridized carbons (Fsp3) is 0.455. The van der Waals surface area contributed by atoms with Crippen molar-refractivity contribution in [3.8, 4) is 6.07 Å². The number of anilines is 1. The molecule has 1 rings (SSSR count). The number of hydrogen-bond acceptors (Lipinski definition) is 4. The Balaban J connectivity index is 2.84. The standard InChI is InChI=1S/C11H16N4/c1-9-6-10(8-13)7-11(14-9)15(2)5-3-4-12/h6-7H,3-5,12H2,1-2H3. The number of nitrogens with two attached hydrogens (primary N) is 1. The van der Waals surface area contributed by atoms with E-state index < -0.39 is 0 Å². The summed E-state index contributed by atoms with van der Waals surface area (Å²) in [5.74, 6) is 0.833. The number of pyridine rings is 1. The molecule has 0 aliphatic heterocycles. The number of rotatable bonds is 4. The summed E-state index contributed by atoms with van der Waals surface area (Å²) in [6, 6.07) is 5.70. The van der Waals surface area contributed by atoms with Gasteiger partial charge in [0.1, 0.15) is 5.82 Å². The molecule has 4 nitrogen and oxygen atoms in total. The van der Waals surface area contributed by atoms with E-state index in [1.54, 1.807) is 12.1 Å². The predicted molar refractivity (Wildman–Crippen MR) is 60.6 cm³/mol. The third-order valence-electron chi connectivity index (χ3n) is 2.16. The number of nitrogens with zero attached hydrogens (tertiary/aromatic N) is 3. The van der Waals surface area contributed by atoms with Gasteiger partial charge in [-0.05, 0) is 32.0 Å². The Morgan fingerprint density at radius 1 is 1.53 bits per heavy atom. The molecule has 15 heavy (non-hydrogen) atoms. The summed E-state index contributed by atoms with van der Waals surface area (Å²) in [5, 5.41) is 8.83. The maximum absolute atomic E-state index is 8.83. The van der Waals surface area contributed by atoms with Crippen molar-refractivity contribution in [3.05, 3.63) is 23.4 Å². The van der Waals surface area contributed by atoms with Crippen LogP contribution in [0.2, 0.25) is 0 Å². The van der Waals surface area contributed by atoms with Gasteiger partial charge in [0.15, 0.2) is 0 Å². The molecule has 0 fully saturated rings. The van der Waals surface area contributed by atoms with Gasteiger partial charge in [0.25, 0.3) is 0 Å². The molecule has 1 aromatic heterocycles. The lowest BCUT2D eigenvalue weighted by molar-refractivity contribution is 0.785. The molecule has 0 spiro atoms. The SMILES string of the molecule is Cc1cc(C#N)cc(N(C)CCCN)n1. The Morgan fingerprint density at radius 2 is 2.27 bits per heavy atom. The summed E-state index contributed by atoms with van der Waals surface area (Å²) in [6.45, 7) is 3.42. The molecule has 80 valence electrons. The zero-order valence-corrected chi connectivity index (χ0v) is 9.20. The minimum Gasteiger partial charge on any atom is -0.360 e. The minimum atomic E-state index is 0.650. The van der Waals surface area contributed by atoms with Crippen molar-refractivity contribution in [1.29, 1.82) is 5.26 Å². The number of aryl methyl sites for hydroxylation is 1. The van der Waals surface area contributed by atoms with Crippen LogP contribution < -0.4 is 10.6 Å². The van der Waals surface area contributed by atoms with E-state index in [0.717, 1.165) is 24.5 Å². The van der Waals surface area contributed by atoms with E-state index in [2.05, 4.69) is 11.1 Å². The Hall–Kier alpha value is -1.60. The molecule has 0 saturated heterocycles. The first-order chi connectivity index (χ1) is 7.17. The van der Waals surface area contributed by atoms with Gasteiger partial charge < -0.3 is 10.6 Å². The minimum absolute atomic E-state index is 0.650. The smallest absolute Gasteiger partial charge is 0.129 e. The van der Waals surface area contributed by atoms with Crippen LogP contribution in [0.15, 0.2) is 12.1 Å². The molecule has 1 heterocycles. The average Bonchev–Trinajstić information content (AvgIpc) is 2.24. The van der Waals surface area contributed by atoms with E-state index >= 15 is 0 Å². The maximum atomic E-state index is 8.83. The van der Waals surface area contributed by atoms with Gasteiger partial charge >= 0.3 is 0 Å².